The summed E-state index contributed by atoms with van der Waals surface area (Å²) in [6, 6.07) is 6.03. The van der Waals surface area contributed by atoms with Gasteiger partial charge in [0.25, 0.3) is 11.8 Å². The van der Waals surface area contributed by atoms with Gasteiger partial charge >= 0.3 is 5.97 Å². The van der Waals surface area contributed by atoms with Gasteiger partial charge in [0.15, 0.2) is 6.61 Å². The van der Waals surface area contributed by atoms with E-state index < -0.39 is 17.9 Å². The van der Waals surface area contributed by atoms with Crippen LogP contribution >= 0.6 is 0 Å². The van der Waals surface area contributed by atoms with Crippen LogP contribution in [0, 0.1) is 11.8 Å². The van der Waals surface area contributed by atoms with Gasteiger partial charge in [0.2, 0.25) is 0 Å². The number of benzene rings is 1. The first-order chi connectivity index (χ1) is 13.8. The number of ether oxygens (including phenoxy) is 2. The summed E-state index contributed by atoms with van der Waals surface area (Å²) in [6.45, 7) is 5.38. The molecule has 7 nitrogen and oxygen atoms in total. The topological polar surface area (TPSA) is 93.7 Å². The predicted molar refractivity (Wildman–Crippen MR) is 110 cm³/mol. The van der Waals surface area contributed by atoms with Gasteiger partial charge in [0.05, 0.1) is 12.7 Å². The van der Waals surface area contributed by atoms with Crippen LogP contribution in [0.3, 0.4) is 0 Å². The number of para-hydroxylation sites is 1. The molecule has 0 saturated heterocycles. The molecule has 160 valence electrons. The van der Waals surface area contributed by atoms with Crippen molar-refractivity contribution in [2.24, 2.45) is 11.8 Å². The molecule has 0 heterocycles. The minimum absolute atomic E-state index is 0.126. The van der Waals surface area contributed by atoms with Crippen LogP contribution in [0.25, 0.3) is 0 Å². The van der Waals surface area contributed by atoms with E-state index in [0.29, 0.717) is 17.2 Å². The Hall–Kier alpha value is -2.57. The van der Waals surface area contributed by atoms with E-state index in [4.69, 9.17) is 9.47 Å². The van der Waals surface area contributed by atoms with E-state index in [2.05, 4.69) is 17.6 Å². The summed E-state index contributed by atoms with van der Waals surface area (Å²) >= 11 is 0. The van der Waals surface area contributed by atoms with Crippen molar-refractivity contribution in [3.8, 4) is 5.75 Å². The number of hydrogen-bond acceptors (Lipinski definition) is 5. The molecule has 2 amide bonds. The van der Waals surface area contributed by atoms with Gasteiger partial charge in [-0.2, -0.15) is 0 Å². The highest BCUT2D eigenvalue weighted by molar-refractivity contribution is 5.99. The van der Waals surface area contributed by atoms with Crippen LogP contribution in [0.1, 0.15) is 56.8 Å². The molecule has 0 aliphatic heterocycles. The molecule has 0 spiro atoms. The number of amides is 2. The third-order valence-corrected chi connectivity index (χ3v) is 5.36. The molecule has 1 saturated carbocycles. The van der Waals surface area contributed by atoms with Crippen molar-refractivity contribution in [1.82, 2.24) is 10.6 Å². The van der Waals surface area contributed by atoms with E-state index in [0.717, 1.165) is 19.3 Å². The average Bonchev–Trinajstić information content (AvgIpc) is 2.71. The maximum absolute atomic E-state index is 12.6. The lowest BCUT2D eigenvalue weighted by Gasteiger charge is -2.29. The normalized spacial score (nSPS) is 19.9. The van der Waals surface area contributed by atoms with E-state index in [9.17, 15) is 14.4 Å². The minimum Gasteiger partial charge on any atom is -0.496 e. The Morgan fingerprint density at radius 3 is 2.48 bits per heavy atom. The van der Waals surface area contributed by atoms with Crippen molar-refractivity contribution in [2.75, 3.05) is 13.7 Å². The maximum atomic E-state index is 12.6. The highest BCUT2D eigenvalue weighted by Crippen LogP contribution is 2.23. The van der Waals surface area contributed by atoms with Crippen LogP contribution in [0.4, 0.5) is 0 Å². The molecule has 0 radical (unpaired) electrons. The quantitative estimate of drug-likeness (QED) is 0.650. The third-order valence-electron chi connectivity index (χ3n) is 5.36. The molecule has 2 rings (SSSR count). The second-order valence-electron chi connectivity index (χ2n) is 7.94. The number of methoxy groups -OCH3 is 1. The average molecular weight is 405 g/mol. The fourth-order valence-electron chi connectivity index (χ4n) is 3.55. The fraction of sp³-hybridized carbons (Fsp3) is 0.591. The molecule has 1 aliphatic rings. The number of rotatable bonds is 8. The molecule has 1 aromatic carbocycles. The van der Waals surface area contributed by atoms with Gasteiger partial charge in [0, 0.05) is 6.04 Å². The number of carbonyl (C=O) groups is 3. The first-order valence-electron chi connectivity index (χ1n) is 10.2. The van der Waals surface area contributed by atoms with Gasteiger partial charge in [0.1, 0.15) is 11.8 Å². The van der Waals surface area contributed by atoms with E-state index in [1.54, 1.807) is 38.1 Å². The summed E-state index contributed by atoms with van der Waals surface area (Å²) in [5.74, 6) is -0.735. The van der Waals surface area contributed by atoms with Gasteiger partial charge < -0.3 is 20.1 Å². The predicted octanol–water partition coefficient (Wildman–Crippen LogP) is 2.69. The molecule has 1 aromatic rings. The monoisotopic (exact) mass is 404 g/mol. The molecule has 1 aliphatic carbocycles. The Labute approximate surface area is 172 Å². The Bertz CT molecular complexity index is 719. The Morgan fingerprint density at radius 2 is 1.83 bits per heavy atom. The van der Waals surface area contributed by atoms with Crippen LogP contribution < -0.4 is 15.4 Å². The van der Waals surface area contributed by atoms with Crippen molar-refractivity contribution in [1.29, 1.82) is 0 Å². The van der Waals surface area contributed by atoms with E-state index in [1.807, 2.05) is 0 Å². The standard InChI is InChI=1S/C22H32N2O5/c1-14(2)20(24-21(26)16-10-6-8-12-18(16)28-4)22(27)29-13-19(25)23-17-11-7-5-9-15(17)3/h6,8,10,12,14-15,17,20H,5,7,9,11,13H2,1-4H3,(H,23,25)(H,24,26)/t15-,17+,20+/m1/s1. The summed E-state index contributed by atoms with van der Waals surface area (Å²) < 4.78 is 10.4. The van der Waals surface area contributed by atoms with Gasteiger partial charge in [-0.1, -0.05) is 45.7 Å². The van der Waals surface area contributed by atoms with Crippen molar-refractivity contribution >= 4 is 17.8 Å². The van der Waals surface area contributed by atoms with Crippen LogP contribution in [0.15, 0.2) is 24.3 Å². The SMILES string of the molecule is COc1ccccc1C(=O)N[C@H](C(=O)OCC(=O)N[C@H]1CCCC[C@H]1C)C(C)C. The summed E-state index contributed by atoms with van der Waals surface area (Å²) in [5.41, 5.74) is 0.331. The zero-order valence-corrected chi connectivity index (χ0v) is 17.7. The Balaban J connectivity index is 1.91. The zero-order chi connectivity index (χ0) is 21.4. The highest BCUT2D eigenvalue weighted by atomic mass is 16.5. The van der Waals surface area contributed by atoms with Crippen LogP contribution in [-0.2, 0) is 14.3 Å². The number of nitrogens with one attached hydrogen (secondary N) is 2. The molecular formula is C22H32N2O5. The summed E-state index contributed by atoms with van der Waals surface area (Å²) in [4.78, 5) is 37.3. The number of carbonyl (C=O) groups excluding carboxylic acids is 3. The maximum Gasteiger partial charge on any atom is 0.329 e. The minimum atomic E-state index is -0.867. The van der Waals surface area contributed by atoms with E-state index in [1.165, 1.54) is 13.5 Å². The van der Waals surface area contributed by atoms with Gasteiger partial charge in [-0.15, -0.1) is 0 Å². The second kappa shape index (κ2) is 10.8. The molecular weight excluding hydrogens is 372 g/mol. The second-order valence-corrected chi connectivity index (χ2v) is 7.94. The van der Waals surface area contributed by atoms with Crippen molar-refractivity contribution in [2.45, 2.75) is 58.5 Å². The lowest BCUT2D eigenvalue weighted by molar-refractivity contribution is -0.151. The van der Waals surface area contributed by atoms with E-state index in [-0.39, 0.29) is 24.5 Å². The van der Waals surface area contributed by atoms with Crippen LogP contribution in [0.2, 0.25) is 0 Å². The van der Waals surface area contributed by atoms with Crippen LogP contribution in [-0.4, -0.2) is 43.6 Å². The summed E-state index contributed by atoms with van der Waals surface area (Å²) in [5, 5.41) is 5.65. The molecule has 3 atom stereocenters. The van der Waals surface area contributed by atoms with Gasteiger partial charge in [-0.05, 0) is 36.8 Å². The Kier molecular flexibility index (Phi) is 8.49. The highest BCUT2D eigenvalue weighted by Gasteiger charge is 2.28. The molecule has 7 heteroatoms. The zero-order valence-electron chi connectivity index (χ0n) is 17.7. The molecule has 29 heavy (non-hydrogen) atoms. The third kappa shape index (κ3) is 6.48. The molecule has 0 unspecified atom stereocenters. The largest absolute Gasteiger partial charge is 0.496 e. The van der Waals surface area contributed by atoms with Crippen molar-refractivity contribution in [3.05, 3.63) is 29.8 Å². The van der Waals surface area contributed by atoms with E-state index >= 15 is 0 Å². The Morgan fingerprint density at radius 1 is 1.14 bits per heavy atom. The molecule has 1 fully saturated rings. The van der Waals surface area contributed by atoms with Crippen LogP contribution in [0.5, 0.6) is 5.75 Å². The number of hydrogen-bond donors (Lipinski definition) is 2. The van der Waals surface area contributed by atoms with Gasteiger partial charge in [-0.25, -0.2) is 4.79 Å². The lowest BCUT2D eigenvalue weighted by atomic mass is 9.86. The van der Waals surface area contributed by atoms with Crippen molar-refractivity contribution < 1.29 is 23.9 Å². The fourth-order valence-corrected chi connectivity index (χ4v) is 3.55. The molecule has 2 N–H and O–H groups in total. The smallest absolute Gasteiger partial charge is 0.329 e. The van der Waals surface area contributed by atoms with Crippen molar-refractivity contribution in [3.63, 3.8) is 0 Å². The van der Waals surface area contributed by atoms with Gasteiger partial charge in [-0.3, -0.25) is 9.59 Å². The lowest BCUT2D eigenvalue weighted by Crippen LogP contribution is -2.47. The summed E-state index contributed by atoms with van der Waals surface area (Å²) in [7, 11) is 1.48. The molecule has 0 bridgehead atoms. The number of esters is 1. The molecule has 0 aromatic heterocycles. The first-order valence-corrected chi connectivity index (χ1v) is 10.2. The first kappa shape index (κ1) is 22.7. The summed E-state index contributed by atoms with van der Waals surface area (Å²) in [6.07, 6.45) is 4.32.